The molecule has 102 valence electrons. The Bertz CT molecular complexity index is 339. The average molecular weight is 254 g/mol. The van der Waals surface area contributed by atoms with Gasteiger partial charge < -0.3 is 15.3 Å². The highest BCUT2D eigenvalue weighted by atomic mass is 16.4. The highest BCUT2D eigenvalue weighted by Gasteiger charge is 2.45. The van der Waals surface area contributed by atoms with E-state index in [1.807, 2.05) is 6.92 Å². The fourth-order valence-electron chi connectivity index (χ4n) is 3.00. The number of carbonyl (C=O) groups is 2. The molecule has 0 bridgehead atoms. The van der Waals surface area contributed by atoms with Crippen molar-refractivity contribution in [3.05, 3.63) is 0 Å². The summed E-state index contributed by atoms with van der Waals surface area (Å²) in [4.78, 5) is 25.4. The Morgan fingerprint density at radius 1 is 1.50 bits per heavy atom. The van der Waals surface area contributed by atoms with Gasteiger partial charge in [-0.2, -0.15) is 0 Å². The lowest BCUT2D eigenvalue weighted by Crippen LogP contribution is -2.43. The lowest BCUT2D eigenvalue weighted by atomic mass is 9.84. The molecule has 0 saturated carbocycles. The van der Waals surface area contributed by atoms with Crippen molar-refractivity contribution in [2.24, 2.45) is 11.3 Å². The molecule has 18 heavy (non-hydrogen) atoms. The summed E-state index contributed by atoms with van der Waals surface area (Å²) in [6, 6.07) is 0. The van der Waals surface area contributed by atoms with E-state index < -0.39 is 11.4 Å². The van der Waals surface area contributed by atoms with Gasteiger partial charge in [0, 0.05) is 19.6 Å². The Morgan fingerprint density at radius 2 is 2.28 bits per heavy atom. The van der Waals surface area contributed by atoms with E-state index in [9.17, 15) is 14.7 Å². The molecule has 0 radical (unpaired) electrons. The summed E-state index contributed by atoms with van der Waals surface area (Å²) in [7, 11) is 0. The standard InChI is InChI=1S/C13H22N2O3/c1-2-13(12(17)18)5-7-15(9-13)11(16)10-4-3-6-14-8-10/h10,14H,2-9H2,1H3,(H,17,18)/t10-,13?/m0/s1. The van der Waals surface area contributed by atoms with Gasteiger partial charge in [0.05, 0.1) is 11.3 Å². The number of hydrogen-bond donors (Lipinski definition) is 2. The zero-order chi connectivity index (χ0) is 13.2. The minimum atomic E-state index is -0.762. The van der Waals surface area contributed by atoms with Gasteiger partial charge in [-0.3, -0.25) is 9.59 Å². The Labute approximate surface area is 108 Å². The Morgan fingerprint density at radius 3 is 2.78 bits per heavy atom. The normalized spacial score (nSPS) is 32.5. The van der Waals surface area contributed by atoms with Crippen molar-refractivity contribution >= 4 is 11.9 Å². The summed E-state index contributed by atoms with van der Waals surface area (Å²) < 4.78 is 0. The second-order valence-electron chi connectivity index (χ2n) is 5.49. The number of carboxylic acid groups (broad SMARTS) is 1. The van der Waals surface area contributed by atoms with Crippen LogP contribution in [-0.2, 0) is 9.59 Å². The van der Waals surface area contributed by atoms with Crippen LogP contribution < -0.4 is 5.32 Å². The SMILES string of the molecule is CCC1(C(=O)O)CCN(C(=O)[C@H]2CCCNC2)C1. The van der Waals surface area contributed by atoms with E-state index in [1.165, 1.54) is 0 Å². The molecule has 2 saturated heterocycles. The fraction of sp³-hybridized carbons (Fsp3) is 0.846. The predicted molar refractivity (Wildman–Crippen MR) is 67.2 cm³/mol. The molecule has 1 unspecified atom stereocenters. The average Bonchev–Trinajstić information content (AvgIpc) is 2.84. The van der Waals surface area contributed by atoms with Crippen molar-refractivity contribution in [2.75, 3.05) is 26.2 Å². The highest BCUT2D eigenvalue weighted by Crippen LogP contribution is 2.35. The topological polar surface area (TPSA) is 69.6 Å². The molecule has 0 aromatic heterocycles. The number of carboxylic acids is 1. The van der Waals surface area contributed by atoms with Gasteiger partial charge >= 0.3 is 5.97 Å². The van der Waals surface area contributed by atoms with E-state index in [-0.39, 0.29) is 11.8 Å². The van der Waals surface area contributed by atoms with Crippen molar-refractivity contribution in [2.45, 2.75) is 32.6 Å². The molecule has 2 rings (SSSR count). The van der Waals surface area contributed by atoms with Crippen molar-refractivity contribution in [1.82, 2.24) is 10.2 Å². The Hall–Kier alpha value is -1.10. The van der Waals surface area contributed by atoms with E-state index in [2.05, 4.69) is 5.32 Å². The molecular formula is C13H22N2O3. The third kappa shape index (κ3) is 2.36. The molecule has 5 heteroatoms. The summed E-state index contributed by atoms with van der Waals surface area (Å²) >= 11 is 0. The zero-order valence-electron chi connectivity index (χ0n) is 10.9. The number of carbonyl (C=O) groups excluding carboxylic acids is 1. The first-order chi connectivity index (χ1) is 8.59. The van der Waals surface area contributed by atoms with Crippen LogP contribution in [0.15, 0.2) is 0 Å². The van der Waals surface area contributed by atoms with Crippen LogP contribution in [0, 0.1) is 11.3 Å². The maximum atomic E-state index is 12.3. The smallest absolute Gasteiger partial charge is 0.311 e. The third-order valence-electron chi connectivity index (χ3n) is 4.44. The number of amides is 1. The predicted octanol–water partition coefficient (Wildman–Crippen LogP) is 0.699. The van der Waals surface area contributed by atoms with Crippen LogP contribution in [0.1, 0.15) is 32.6 Å². The van der Waals surface area contributed by atoms with Crippen LogP contribution in [0.5, 0.6) is 0 Å². The molecule has 2 fully saturated rings. The van der Waals surface area contributed by atoms with E-state index in [1.54, 1.807) is 4.90 Å². The highest BCUT2D eigenvalue weighted by molar-refractivity contribution is 5.82. The van der Waals surface area contributed by atoms with Crippen molar-refractivity contribution in [1.29, 1.82) is 0 Å². The first-order valence-corrected chi connectivity index (χ1v) is 6.82. The van der Waals surface area contributed by atoms with Crippen molar-refractivity contribution < 1.29 is 14.7 Å². The number of piperidine rings is 1. The van der Waals surface area contributed by atoms with Crippen LogP contribution in [0.25, 0.3) is 0 Å². The molecule has 1 amide bonds. The van der Waals surface area contributed by atoms with Gasteiger partial charge in [0.15, 0.2) is 0 Å². The summed E-state index contributed by atoms with van der Waals surface area (Å²) in [6.45, 7) is 4.59. The monoisotopic (exact) mass is 254 g/mol. The molecule has 2 atom stereocenters. The number of likely N-dealkylation sites (tertiary alicyclic amines) is 1. The quantitative estimate of drug-likeness (QED) is 0.778. The summed E-state index contributed by atoms with van der Waals surface area (Å²) in [5.74, 6) is -0.582. The van der Waals surface area contributed by atoms with Gasteiger partial charge in [0.2, 0.25) is 5.91 Å². The van der Waals surface area contributed by atoms with Gasteiger partial charge in [-0.25, -0.2) is 0 Å². The molecule has 0 aromatic rings. The molecule has 0 spiro atoms. The summed E-state index contributed by atoms with van der Waals surface area (Å²) in [5.41, 5.74) is -0.711. The van der Waals surface area contributed by atoms with Gasteiger partial charge in [0.25, 0.3) is 0 Å². The molecule has 0 aliphatic carbocycles. The maximum Gasteiger partial charge on any atom is 0.311 e. The summed E-state index contributed by atoms with van der Waals surface area (Å²) in [5, 5.41) is 12.6. The second-order valence-corrected chi connectivity index (χ2v) is 5.49. The van der Waals surface area contributed by atoms with Gasteiger partial charge in [-0.1, -0.05) is 6.92 Å². The van der Waals surface area contributed by atoms with Crippen molar-refractivity contribution in [3.63, 3.8) is 0 Å². The van der Waals surface area contributed by atoms with Crippen LogP contribution >= 0.6 is 0 Å². The minimum absolute atomic E-state index is 0.0419. The molecule has 5 nitrogen and oxygen atoms in total. The number of nitrogens with one attached hydrogen (secondary N) is 1. The van der Waals surface area contributed by atoms with Crippen LogP contribution in [0.2, 0.25) is 0 Å². The van der Waals surface area contributed by atoms with Crippen LogP contribution in [0.3, 0.4) is 0 Å². The first kappa shape index (κ1) is 13.3. The van der Waals surface area contributed by atoms with Crippen LogP contribution in [-0.4, -0.2) is 48.1 Å². The number of rotatable bonds is 3. The molecule has 2 aliphatic heterocycles. The Balaban J connectivity index is 1.99. The van der Waals surface area contributed by atoms with Gasteiger partial charge in [-0.05, 0) is 32.2 Å². The number of hydrogen-bond acceptors (Lipinski definition) is 3. The number of nitrogens with zero attached hydrogens (tertiary/aromatic N) is 1. The van der Waals surface area contributed by atoms with Crippen molar-refractivity contribution in [3.8, 4) is 0 Å². The third-order valence-corrected chi connectivity index (χ3v) is 4.44. The van der Waals surface area contributed by atoms with E-state index in [0.717, 1.165) is 25.9 Å². The van der Waals surface area contributed by atoms with Crippen LogP contribution in [0.4, 0.5) is 0 Å². The second kappa shape index (κ2) is 5.26. The largest absolute Gasteiger partial charge is 0.481 e. The summed E-state index contributed by atoms with van der Waals surface area (Å²) in [6.07, 6.45) is 3.14. The van der Waals surface area contributed by atoms with E-state index >= 15 is 0 Å². The van der Waals surface area contributed by atoms with E-state index in [4.69, 9.17) is 0 Å². The minimum Gasteiger partial charge on any atom is -0.481 e. The molecule has 0 aromatic carbocycles. The molecular weight excluding hydrogens is 232 g/mol. The van der Waals surface area contributed by atoms with Gasteiger partial charge in [0.1, 0.15) is 0 Å². The number of aliphatic carboxylic acids is 1. The maximum absolute atomic E-state index is 12.3. The molecule has 2 N–H and O–H groups in total. The molecule has 2 aliphatic rings. The van der Waals surface area contributed by atoms with Gasteiger partial charge in [-0.15, -0.1) is 0 Å². The lowest BCUT2D eigenvalue weighted by Gasteiger charge is -2.28. The zero-order valence-corrected chi connectivity index (χ0v) is 10.9. The first-order valence-electron chi connectivity index (χ1n) is 6.82. The van der Waals surface area contributed by atoms with E-state index in [0.29, 0.717) is 25.9 Å². The lowest BCUT2D eigenvalue weighted by molar-refractivity contribution is -0.149. The fourth-order valence-corrected chi connectivity index (χ4v) is 3.00. The Kier molecular flexibility index (Phi) is 3.90. The molecule has 2 heterocycles.